The van der Waals surface area contributed by atoms with Gasteiger partial charge in [0.05, 0.1) is 24.4 Å². The van der Waals surface area contributed by atoms with E-state index in [4.69, 9.17) is 9.15 Å². The number of rotatable bonds is 9. The van der Waals surface area contributed by atoms with Crippen LogP contribution in [-0.4, -0.2) is 23.4 Å². The number of aromatic nitrogens is 2. The highest BCUT2D eigenvalue weighted by Crippen LogP contribution is 2.32. The zero-order valence-electron chi connectivity index (χ0n) is 14.4. The largest absolute Gasteiger partial charge is 0.480 e. The summed E-state index contributed by atoms with van der Waals surface area (Å²) in [5.41, 5.74) is 1.70. The number of oxazole rings is 1. The fraction of sp³-hybridized carbons (Fsp3) is 0.350. The molecular formula is C20H22N2O3. The molecule has 0 radical (unpaired) electrons. The number of ether oxygens (including phenoxy) is 1. The van der Waals surface area contributed by atoms with Gasteiger partial charge in [0.2, 0.25) is 5.88 Å². The quantitative estimate of drug-likeness (QED) is 0.422. The highest BCUT2D eigenvalue weighted by molar-refractivity contribution is 5.85. The summed E-state index contributed by atoms with van der Waals surface area (Å²) < 4.78 is 11.3. The van der Waals surface area contributed by atoms with Crippen molar-refractivity contribution in [1.82, 2.24) is 9.97 Å². The van der Waals surface area contributed by atoms with Crippen LogP contribution in [0.4, 0.5) is 0 Å². The number of aryl methyl sites for hydroxylation is 1. The van der Waals surface area contributed by atoms with Crippen molar-refractivity contribution < 1.29 is 13.9 Å². The lowest BCUT2D eigenvalue weighted by atomic mass is 10.1. The number of carbonyl (C=O) groups excluding carboxylic acids is 1. The maximum atomic E-state index is 10.3. The van der Waals surface area contributed by atoms with Gasteiger partial charge < -0.3 is 13.9 Å². The van der Waals surface area contributed by atoms with Crippen molar-refractivity contribution in [3.05, 3.63) is 42.4 Å². The van der Waals surface area contributed by atoms with Gasteiger partial charge in [-0.2, -0.15) is 0 Å². The number of benzene rings is 1. The van der Waals surface area contributed by atoms with Gasteiger partial charge in [0, 0.05) is 18.2 Å². The minimum Gasteiger partial charge on any atom is -0.480 e. The number of para-hydroxylation sites is 1. The topological polar surface area (TPSA) is 65.2 Å². The molecule has 5 nitrogen and oxygen atoms in total. The van der Waals surface area contributed by atoms with Gasteiger partial charge in [-0.05, 0) is 25.0 Å². The standard InChI is InChI=1S/C20H22N2O3/c1-24-20-16(13-15-9-6-7-10-17(15)22-20)18-14-21-19(25-18)11-5-3-2-4-8-12-23/h6-7,9-10,12-14H,2-5,8,11H2,1H3. The molecule has 0 aliphatic rings. The Kier molecular flexibility index (Phi) is 5.77. The third-order valence-corrected chi connectivity index (χ3v) is 4.16. The second kappa shape index (κ2) is 8.42. The van der Waals surface area contributed by atoms with Gasteiger partial charge in [-0.15, -0.1) is 0 Å². The Bertz CT molecular complexity index is 842. The molecule has 1 aromatic carbocycles. The van der Waals surface area contributed by atoms with Crippen LogP contribution < -0.4 is 4.74 Å². The van der Waals surface area contributed by atoms with Crippen LogP contribution in [0.3, 0.4) is 0 Å². The van der Waals surface area contributed by atoms with Gasteiger partial charge in [0.1, 0.15) is 6.29 Å². The lowest BCUT2D eigenvalue weighted by Gasteiger charge is -2.07. The van der Waals surface area contributed by atoms with Crippen molar-refractivity contribution in [2.45, 2.75) is 38.5 Å². The van der Waals surface area contributed by atoms with Crippen molar-refractivity contribution in [3.8, 4) is 17.2 Å². The molecule has 2 heterocycles. The van der Waals surface area contributed by atoms with Crippen LogP contribution in [0.1, 0.15) is 38.0 Å². The molecule has 5 heteroatoms. The van der Waals surface area contributed by atoms with Crippen molar-refractivity contribution in [1.29, 1.82) is 0 Å². The number of methoxy groups -OCH3 is 1. The fourth-order valence-corrected chi connectivity index (χ4v) is 2.84. The van der Waals surface area contributed by atoms with Gasteiger partial charge in [0.25, 0.3) is 0 Å². The second-order valence-corrected chi connectivity index (χ2v) is 5.98. The smallest absolute Gasteiger partial charge is 0.224 e. The van der Waals surface area contributed by atoms with E-state index in [1.807, 2.05) is 30.3 Å². The van der Waals surface area contributed by atoms with Crippen molar-refractivity contribution in [3.63, 3.8) is 0 Å². The molecular weight excluding hydrogens is 316 g/mol. The molecule has 0 atom stereocenters. The number of hydrogen-bond acceptors (Lipinski definition) is 5. The number of pyridine rings is 1. The number of carbonyl (C=O) groups is 1. The van der Waals surface area contributed by atoms with E-state index in [9.17, 15) is 4.79 Å². The minimum absolute atomic E-state index is 0.537. The Morgan fingerprint density at radius 3 is 2.84 bits per heavy atom. The van der Waals surface area contributed by atoms with E-state index in [1.54, 1.807) is 13.3 Å². The molecule has 0 amide bonds. The summed E-state index contributed by atoms with van der Waals surface area (Å²) >= 11 is 0. The Balaban J connectivity index is 1.71. The molecule has 25 heavy (non-hydrogen) atoms. The van der Waals surface area contributed by atoms with Gasteiger partial charge >= 0.3 is 0 Å². The number of nitrogens with zero attached hydrogens (tertiary/aromatic N) is 2. The average molecular weight is 338 g/mol. The number of aldehydes is 1. The zero-order valence-corrected chi connectivity index (χ0v) is 14.4. The minimum atomic E-state index is 0.537. The van der Waals surface area contributed by atoms with E-state index in [-0.39, 0.29) is 0 Å². The zero-order chi connectivity index (χ0) is 17.5. The summed E-state index contributed by atoms with van der Waals surface area (Å²) in [5.74, 6) is 1.93. The first-order valence-electron chi connectivity index (χ1n) is 8.64. The van der Waals surface area contributed by atoms with Crippen molar-refractivity contribution in [2.24, 2.45) is 0 Å². The molecule has 0 unspecified atom stereocenters. The van der Waals surface area contributed by atoms with Crippen LogP contribution in [0.15, 0.2) is 40.9 Å². The third kappa shape index (κ3) is 4.24. The maximum absolute atomic E-state index is 10.3. The average Bonchev–Trinajstić information content (AvgIpc) is 3.12. The van der Waals surface area contributed by atoms with Crippen LogP contribution in [0.25, 0.3) is 22.2 Å². The summed E-state index contributed by atoms with van der Waals surface area (Å²) in [6.07, 6.45) is 8.26. The SMILES string of the molecule is COc1nc2ccccc2cc1-c1cnc(CCCCCCC=O)o1. The van der Waals surface area contributed by atoms with Gasteiger partial charge in [0.15, 0.2) is 11.7 Å². The van der Waals surface area contributed by atoms with Crippen LogP contribution in [0, 0.1) is 0 Å². The molecule has 2 aromatic heterocycles. The molecule has 0 aliphatic heterocycles. The summed E-state index contributed by atoms with van der Waals surface area (Å²) in [5, 5.41) is 1.03. The highest BCUT2D eigenvalue weighted by Gasteiger charge is 2.14. The van der Waals surface area contributed by atoms with E-state index in [0.717, 1.165) is 60.7 Å². The Hall–Kier alpha value is -2.69. The highest BCUT2D eigenvalue weighted by atomic mass is 16.5. The van der Waals surface area contributed by atoms with Crippen molar-refractivity contribution in [2.75, 3.05) is 7.11 Å². The Labute approximate surface area is 147 Å². The van der Waals surface area contributed by atoms with E-state index >= 15 is 0 Å². The summed E-state index contributed by atoms with van der Waals surface area (Å²) in [6.45, 7) is 0. The molecule has 0 spiro atoms. The Morgan fingerprint density at radius 1 is 1.16 bits per heavy atom. The number of hydrogen-bond donors (Lipinski definition) is 0. The first-order valence-corrected chi connectivity index (χ1v) is 8.64. The first-order chi connectivity index (χ1) is 12.3. The molecule has 0 bridgehead atoms. The molecule has 3 aromatic rings. The number of unbranched alkanes of at least 4 members (excludes halogenated alkanes) is 4. The predicted molar refractivity (Wildman–Crippen MR) is 96.6 cm³/mol. The lowest BCUT2D eigenvalue weighted by molar-refractivity contribution is -0.107. The van der Waals surface area contributed by atoms with Crippen LogP contribution >= 0.6 is 0 Å². The van der Waals surface area contributed by atoms with Gasteiger partial charge in [-0.1, -0.05) is 31.0 Å². The van der Waals surface area contributed by atoms with E-state index in [2.05, 4.69) is 9.97 Å². The fourth-order valence-electron chi connectivity index (χ4n) is 2.84. The summed E-state index contributed by atoms with van der Waals surface area (Å²) in [4.78, 5) is 19.2. The molecule has 130 valence electrons. The first kappa shape index (κ1) is 17.1. The molecule has 3 rings (SSSR count). The predicted octanol–water partition coefficient (Wildman–Crippen LogP) is 4.59. The summed E-state index contributed by atoms with van der Waals surface area (Å²) in [6, 6.07) is 9.93. The van der Waals surface area contributed by atoms with E-state index in [1.165, 1.54) is 0 Å². The summed E-state index contributed by atoms with van der Waals surface area (Å²) in [7, 11) is 1.61. The van der Waals surface area contributed by atoms with Crippen LogP contribution in [0.5, 0.6) is 5.88 Å². The normalized spacial score (nSPS) is 10.9. The van der Waals surface area contributed by atoms with Crippen molar-refractivity contribution >= 4 is 17.2 Å². The van der Waals surface area contributed by atoms with Gasteiger partial charge in [-0.3, -0.25) is 0 Å². The van der Waals surface area contributed by atoms with Crippen LogP contribution in [0.2, 0.25) is 0 Å². The Morgan fingerprint density at radius 2 is 2.00 bits per heavy atom. The van der Waals surface area contributed by atoms with Crippen LogP contribution in [-0.2, 0) is 11.2 Å². The van der Waals surface area contributed by atoms with E-state index in [0.29, 0.717) is 18.1 Å². The molecule has 0 fully saturated rings. The number of fused-ring (bicyclic) bond motifs is 1. The molecule has 0 aliphatic carbocycles. The van der Waals surface area contributed by atoms with Gasteiger partial charge in [-0.25, -0.2) is 9.97 Å². The lowest BCUT2D eigenvalue weighted by Crippen LogP contribution is -1.92. The second-order valence-electron chi connectivity index (χ2n) is 5.98. The molecule has 0 saturated carbocycles. The monoisotopic (exact) mass is 338 g/mol. The molecule has 0 N–H and O–H groups in total. The molecule has 0 saturated heterocycles. The van der Waals surface area contributed by atoms with E-state index < -0.39 is 0 Å². The maximum Gasteiger partial charge on any atom is 0.224 e. The third-order valence-electron chi connectivity index (χ3n) is 4.16.